The summed E-state index contributed by atoms with van der Waals surface area (Å²) < 4.78 is 25.4. The van der Waals surface area contributed by atoms with Crippen LogP contribution in [0.5, 0.6) is 0 Å². The van der Waals surface area contributed by atoms with Crippen LogP contribution in [0.25, 0.3) is 0 Å². The van der Waals surface area contributed by atoms with Crippen molar-refractivity contribution in [3.63, 3.8) is 0 Å². The van der Waals surface area contributed by atoms with Gasteiger partial charge in [0.05, 0.1) is 11.9 Å². The fourth-order valence-corrected chi connectivity index (χ4v) is 1.07. The molecule has 1 N–H and O–H groups in total. The van der Waals surface area contributed by atoms with Gasteiger partial charge in [0.15, 0.2) is 5.09 Å². The van der Waals surface area contributed by atoms with Gasteiger partial charge < -0.3 is 14.1 Å². The van der Waals surface area contributed by atoms with E-state index in [0.29, 0.717) is 5.56 Å². The number of hydrogen-bond acceptors (Lipinski definition) is 4. The SMILES string of the molecule is CC(C)(O)c1coc(S(=O)[O-])c1. The summed E-state index contributed by atoms with van der Waals surface area (Å²) in [5, 5.41) is 9.26. The van der Waals surface area contributed by atoms with Gasteiger partial charge in [-0.15, -0.1) is 0 Å². The minimum atomic E-state index is -2.37. The smallest absolute Gasteiger partial charge is 0.177 e. The molecular formula is C7H9O4S-. The second kappa shape index (κ2) is 3.01. The summed E-state index contributed by atoms with van der Waals surface area (Å²) in [6.45, 7) is 3.10. The molecule has 0 aromatic carbocycles. The fraction of sp³-hybridized carbons (Fsp3) is 0.429. The Labute approximate surface area is 72.5 Å². The molecule has 0 saturated carbocycles. The van der Waals surface area contributed by atoms with E-state index in [9.17, 15) is 13.9 Å². The molecule has 0 radical (unpaired) electrons. The average molecular weight is 189 g/mol. The minimum absolute atomic E-state index is 0.160. The van der Waals surface area contributed by atoms with Crippen molar-refractivity contribution >= 4 is 11.1 Å². The highest BCUT2D eigenvalue weighted by atomic mass is 32.2. The third-order valence-corrected chi connectivity index (χ3v) is 1.99. The summed E-state index contributed by atoms with van der Waals surface area (Å²) in [6.07, 6.45) is 1.23. The molecule has 0 bridgehead atoms. The van der Waals surface area contributed by atoms with E-state index in [1.165, 1.54) is 12.3 Å². The molecule has 0 spiro atoms. The molecule has 1 rings (SSSR count). The van der Waals surface area contributed by atoms with Gasteiger partial charge >= 0.3 is 0 Å². The van der Waals surface area contributed by atoms with Crippen LogP contribution in [-0.2, 0) is 16.7 Å². The summed E-state index contributed by atoms with van der Waals surface area (Å²) in [5.74, 6) is 0. The Hall–Kier alpha value is -0.650. The third-order valence-electron chi connectivity index (χ3n) is 1.45. The van der Waals surface area contributed by atoms with Crippen molar-refractivity contribution in [1.29, 1.82) is 0 Å². The minimum Gasteiger partial charge on any atom is -0.766 e. The lowest BCUT2D eigenvalue weighted by Crippen LogP contribution is -2.13. The lowest BCUT2D eigenvalue weighted by molar-refractivity contribution is 0.0779. The Bertz CT molecular complexity index is 297. The molecule has 5 heteroatoms. The summed E-state index contributed by atoms with van der Waals surface area (Å²) >= 11 is -2.37. The van der Waals surface area contributed by atoms with Gasteiger partial charge in [-0.25, -0.2) is 0 Å². The largest absolute Gasteiger partial charge is 0.766 e. The predicted molar refractivity (Wildman–Crippen MR) is 41.1 cm³/mol. The van der Waals surface area contributed by atoms with E-state index in [2.05, 4.69) is 4.42 Å². The standard InChI is InChI=1S/C7H10O4S/c1-7(2,8)5-3-6(11-4-5)12(9)10/h3-4,8H,1-2H3,(H,9,10)/p-1. The van der Waals surface area contributed by atoms with Crippen molar-refractivity contribution in [2.75, 3.05) is 0 Å². The summed E-state index contributed by atoms with van der Waals surface area (Å²) in [4.78, 5) is 0. The van der Waals surface area contributed by atoms with Gasteiger partial charge in [0, 0.05) is 16.6 Å². The van der Waals surface area contributed by atoms with Crippen molar-refractivity contribution in [2.45, 2.75) is 24.5 Å². The van der Waals surface area contributed by atoms with Crippen LogP contribution in [0.4, 0.5) is 0 Å². The van der Waals surface area contributed by atoms with Crippen molar-refractivity contribution < 1.29 is 18.3 Å². The van der Waals surface area contributed by atoms with Crippen molar-refractivity contribution in [3.05, 3.63) is 17.9 Å². The van der Waals surface area contributed by atoms with Gasteiger partial charge in [0.1, 0.15) is 0 Å². The molecule has 68 valence electrons. The highest BCUT2D eigenvalue weighted by molar-refractivity contribution is 7.79. The van der Waals surface area contributed by atoms with Crippen LogP contribution in [0.15, 0.2) is 21.8 Å². The number of rotatable bonds is 2. The fourth-order valence-electron chi connectivity index (χ4n) is 0.725. The molecule has 0 aliphatic rings. The second-order valence-corrected chi connectivity index (χ2v) is 3.82. The van der Waals surface area contributed by atoms with Gasteiger partial charge in [-0.1, -0.05) is 0 Å². The van der Waals surface area contributed by atoms with E-state index < -0.39 is 16.7 Å². The molecule has 0 aliphatic heterocycles. The van der Waals surface area contributed by atoms with Crippen molar-refractivity contribution in [3.8, 4) is 0 Å². The van der Waals surface area contributed by atoms with Gasteiger partial charge in [-0.2, -0.15) is 0 Å². The zero-order valence-corrected chi connectivity index (χ0v) is 7.55. The summed E-state index contributed by atoms with van der Waals surface area (Å²) in [6, 6.07) is 1.29. The zero-order valence-electron chi connectivity index (χ0n) is 6.73. The van der Waals surface area contributed by atoms with E-state index in [0.717, 1.165) is 0 Å². The van der Waals surface area contributed by atoms with Crippen LogP contribution >= 0.6 is 0 Å². The first-order valence-corrected chi connectivity index (χ1v) is 4.39. The predicted octanol–water partition coefficient (Wildman–Crippen LogP) is 0.745. The average Bonchev–Trinajstić information content (AvgIpc) is 2.30. The van der Waals surface area contributed by atoms with Crippen LogP contribution in [-0.4, -0.2) is 13.9 Å². The van der Waals surface area contributed by atoms with Gasteiger partial charge in [-0.05, 0) is 19.9 Å². The first-order valence-electron chi connectivity index (χ1n) is 3.32. The van der Waals surface area contributed by atoms with Crippen LogP contribution < -0.4 is 0 Å². The lowest BCUT2D eigenvalue weighted by Gasteiger charge is -2.13. The number of furan rings is 1. The molecule has 0 saturated heterocycles. The van der Waals surface area contributed by atoms with Crippen LogP contribution in [0.1, 0.15) is 19.4 Å². The van der Waals surface area contributed by atoms with E-state index in [-0.39, 0.29) is 5.09 Å². The monoisotopic (exact) mass is 189 g/mol. The quantitative estimate of drug-likeness (QED) is 0.696. The molecule has 1 aromatic rings. The maximum absolute atomic E-state index is 10.4. The molecule has 0 aliphatic carbocycles. The Morgan fingerprint density at radius 3 is 2.50 bits per heavy atom. The Morgan fingerprint density at radius 1 is 1.67 bits per heavy atom. The molecule has 12 heavy (non-hydrogen) atoms. The highest BCUT2D eigenvalue weighted by Crippen LogP contribution is 2.22. The topological polar surface area (TPSA) is 73.5 Å². The lowest BCUT2D eigenvalue weighted by atomic mass is 10.0. The summed E-state index contributed by atoms with van der Waals surface area (Å²) in [7, 11) is 0. The second-order valence-electron chi connectivity index (χ2n) is 2.95. The first kappa shape index (κ1) is 9.44. The van der Waals surface area contributed by atoms with Crippen LogP contribution in [0.3, 0.4) is 0 Å². The van der Waals surface area contributed by atoms with Crippen molar-refractivity contribution in [2.24, 2.45) is 0 Å². The number of hydrogen-bond donors (Lipinski definition) is 1. The highest BCUT2D eigenvalue weighted by Gasteiger charge is 2.18. The molecule has 1 heterocycles. The van der Waals surface area contributed by atoms with Crippen molar-refractivity contribution in [1.82, 2.24) is 0 Å². The Balaban J connectivity index is 3.00. The van der Waals surface area contributed by atoms with E-state index in [1.807, 2.05) is 0 Å². The third kappa shape index (κ3) is 1.94. The molecule has 1 atom stereocenters. The Kier molecular flexibility index (Phi) is 2.36. The van der Waals surface area contributed by atoms with E-state index in [1.54, 1.807) is 13.8 Å². The van der Waals surface area contributed by atoms with Gasteiger partial charge in [0.25, 0.3) is 0 Å². The van der Waals surface area contributed by atoms with Crippen LogP contribution in [0, 0.1) is 0 Å². The molecule has 0 fully saturated rings. The number of aliphatic hydroxyl groups is 1. The molecule has 1 aromatic heterocycles. The van der Waals surface area contributed by atoms with Crippen LogP contribution in [0.2, 0.25) is 0 Å². The maximum atomic E-state index is 10.4. The maximum Gasteiger partial charge on any atom is 0.177 e. The van der Waals surface area contributed by atoms with E-state index in [4.69, 9.17) is 0 Å². The summed E-state index contributed by atoms with van der Waals surface area (Å²) in [5.41, 5.74) is -0.622. The zero-order chi connectivity index (χ0) is 9.35. The molecule has 4 nitrogen and oxygen atoms in total. The molecule has 0 amide bonds. The first-order chi connectivity index (χ1) is 5.41. The Morgan fingerprint density at radius 2 is 2.25 bits per heavy atom. The van der Waals surface area contributed by atoms with Gasteiger partial charge in [-0.3, -0.25) is 4.21 Å². The molecule has 1 unspecified atom stereocenters. The van der Waals surface area contributed by atoms with Gasteiger partial charge in [0.2, 0.25) is 0 Å². The molecular weight excluding hydrogens is 180 g/mol. The van der Waals surface area contributed by atoms with E-state index >= 15 is 0 Å². The normalized spacial score (nSPS) is 14.7.